The van der Waals surface area contributed by atoms with Crippen molar-refractivity contribution in [1.29, 1.82) is 0 Å². The molecule has 2 unspecified atom stereocenters. The molecule has 138 valence electrons. The van der Waals surface area contributed by atoms with Crippen molar-refractivity contribution in [1.82, 2.24) is 10.2 Å². The van der Waals surface area contributed by atoms with Gasteiger partial charge in [0.2, 0.25) is 11.8 Å². The molecule has 0 radical (unpaired) electrons. The monoisotopic (exact) mass is 360 g/mol. The zero-order valence-corrected chi connectivity index (χ0v) is 14.3. The molecule has 1 aromatic carbocycles. The molecule has 2 saturated heterocycles. The summed E-state index contributed by atoms with van der Waals surface area (Å²) in [5, 5.41) is 2.63. The Morgan fingerprint density at radius 2 is 1.92 bits per heavy atom. The molecule has 2 heterocycles. The van der Waals surface area contributed by atoms with Gasteiger partial charge < -0.3 is 25.6 Å². The van der Waals surface area contributed by atoms with Crippen LogP contribution in [0.1, 0.15) is 16.8 Å². The van der Waals surface area contributed by atoms with Gasteiger partial charge in [0.25, 0.3) is 11.8 Å². The molecule has 3 rings (SSSR count). The van der Waals surface area contributed by atoms with Crippen LogP contribution in [0, 0.1) is 0 Å². The number of hydrogen-bond acceptors (Lipinski definition) is 5. The second kappa shape index (κ2) is 7.12. The summed E-state index contributed by atoms with van der Waals surface area (Å²) >= 11 is 0. The fourth-order valence-corrected chi connectivity index (χ4v) is 3.13. The molecule has 0 bridgehead atoms. The van der Waals surface area contributed by atoms with Gasteiger partial charge in [-0.3, -0.25) is 19.2 Å². The Morgan fingerprint density at radius 3 is 2.50 bits per heavy atom. The SMILES string of the molecule is CN1C(=O)C(NC(=O)c2ccc(N3CCOCC3=O)cc2)CC1C(N)=O. The van der Waals surface area contributed by atoms with Gasteiger partial charge in [0.1, 0.15) is 18.7 Å². The number of likely N-dealkylation sites (N-methyl/N-ethyl adjacent to an activating group) is 1. The average Bonchev–Trinajstić information content (AvgIpc) is 2.91. The van der Waals surface area contributed by atoms with Crippen LogP contribution in [0.25, 0.3) is 0 Å². The first kappa shape index (κ1) is 17.9. The molecular weight excluding hydrogens is 340 g/mol. The van der Waals surface area contributed by atoms with E-state index in [9.17, 15) is 19.2 Å². The van der Waals surface area contributed by atoms with E-state index in [0.29, 0.717) is 24.4 Å². The molecule has 2 aliphatic rings. The third kappa shape index (κ3) is 3.38. The number of nitrogens with zero attached hydrogens (tertiary/aromatic N) is 2. The summed E-state index contributed by atoms with van der Waals surface area (Å²) in [6.07, 6.45) is 0.150. The molecule has 26 heavy (non-hydrogen) atoms. The van der Waals surface area contributed by atoms with Gasteiger partial charge in [0.05, 0.1) is 6.61 Å². The highest BCUT2D eigenvalue weighted by Gasteiger charge is 2.40. The van der Waals surface area contributed by atoms with Gasteiger partial charge in [-0.15, -0.1) is 0 Å². The van der Waals surface area contributed by atoms with E-state index in [1.54, 1.807) is 29.2 Å². The maximum absolute atomic E-state index is 12.4. The van der Waals surface area contributed by atoms with Crippen molar-refractivity contribution in [2.75, 3.05) is 31.7 Å². The molecule has 0 spiro atoms. The average molecular weight is 360 g/mol. The molecule has 0 aliphatic carbocycles. The lowest BCUT2D eigenvalue weighted by Crippen LogP contribution is -2.42. The minimum absolute atomic E-state index is 0.0422. The normalized spacial score (nSPS) is 23.3. The van der Waals surface area contributed by atoms with Crippen LogP contribution in [0.5, 0.6) is 0 Å². The van der Waals surface area contributed by atoms with E-state index >= 15 is 0 Å². The van der Waals surface area contributed by atoms with E-state index in [4.69, 9.17) is 10.5 Å². The summed E-state index contributed by atoms with van der Waals surface area (Å²) in [4.78, 5) is 50.5. The lowest BCUT2D eigenvalue weighted by Gasteiger charge is -2.26. The van der Waals surface area contributed by atoms with E-state index < -0.39 is 23.9 Å². The van der Waals surface area contributed by atoms with Gasteiger partial charge in [0, 0.05) is 31.3 Å². The molecule has 0 saturated carbocycles. The van der Waals surface area contributed by atoms with Crippen molar-refractivity contribution >= 4 is 29.3 Å². The smallest absolute Gasteiger partial charge is 0.253 e. The van der Waals surface area contributed by atoms with Crippen molar-refractivity contribution in [2.45, 2.75) is 18.5 Å². The number of amides is 4. The Morgan fingerprint density at radius 1 is 1.23 bits per heavy atom. The number of benzene rings is 1. The molecule has 0 aromatic heterocycles. The predicted octanol–water partition coefficient (Wildman–Crippen LogP) is -1.14. The molecule has 2 fully saturated rings. The molecule has 4 amide bonds. The quantitative estimate of drug-likeness (QED) is 0.703. The largest absolute Gasteiger partial charge is 0.370 e. The van der Waals surface area contributed by atoms with E-state index in [2.05, 4.69) is 5.32 Å². The number of carbonyl (C=O) groups excluding carboxylic acids is 4. The maximum atomic E-state index is 12.4. The van der Waals surface area contributed by atoms with Crippen molar-refractivity contribution in [3.63, 3.8) is 0 Å². The van der Waals surface area contributed by atoms with Crippen molar-refractivity contribution in [2.24, 2.45) is 5.73 Å². The first-order valence-electron chi connectivity index (χ1n) is 8.23. The summed E-state index contributed by atoms with van der Waals surface area (Å²) in [6, 6.07) is 5.01. The number of hydrogen-bond donors (Lipinski definition) is 2. The number of primary amides is 1. The predicted molar refractivity (Wildman–Crippen MR) is 91.2 cm³/mol. The van der Waals surface area contributed by atoms with E-state index in [1.807, 2.05) is 0 Å². The van der Waals surface area contributed by atoms with Gasteiger partial charge in [-0.25, -0.2) is 0 Å². The van der Waals surface area contributed by atoms with Crippen molar-refractivity contribution in [3.05, 3.63) is 29.8 Å². The summed E-state index contributed by atoms with van der Waals surface area (Å²) in [5.74, 6) is -1.51. The molecule has 9 heteroatoms. The van der Waals surface area contributed by atoms with Crippen LogP contribution in [0.2, 0.25) is 0 Å². The zero-order valence-electron chi connectivity index (χ0n) is 14.3. The number of rotatable bonds is 4. The molecule has 9 nitrogen and oxygen atoms in total. The number of nitrogens with one attached hydrogen (secondary N) is 1. The molecule has 2 aliphatic heterocycles. The maximum Gasteiger partial charge on any atom is 0.253 e. The highest BCUT2D eigenvalue weighted by molar-refractivity contribution is 6.00. The Labute approximate surface area is 150 Å². The van der Waals surface area contributed by atoms with E-state index in [-0.39, 0.29) is 24.8 Å². The Balaban J connectivity index is 1.66. The Bertz CT molecular complexity index is 748. The molecule has 1 aromatic rings. The number of nitrogens with two attached hydrogens (primary N) is 1. The number of ether oxygens (including phenoxy) is 1. The number of morpholine rings is 1. The lowest BCUT2D eigenvalue weighted by molar-refractivity contribution is -0.133. The van der Waals surface area contributed by atoms with Crippen molar-refractivity contribution < 1.29 is 23.9 Å². The number of likely N-dealkylation sites (tertiary alicyclic amines) is 1. The van der Waals surface area contributed by atoms with Crippen LogP contribution < -0.4 is 16.0 Å². The van der Waals surface area contributed by atoms with Crippen LogP contribution in [0.15, 0.2) is 24.3 Å². The van der Waals surface area contributed by atoms with Gasteiger partial charge in [-0.05, 0) is 24.3 Å². The third-order valence-electron chi connectivity index (χ3n) is 4.63. The standard InChI is InChI=1S/C17H20N4O5/c1-20-13(15(18)23)8-12(17(20)25)19-16(24)10-2-4-11(5-3-10)21-6-7-26-9-14(21)22/h2-5,12-13H,6-9H2,1H3,(H2,18,23)(H,19,24). The fraction of sp³-hybridized carbons (Fsp3) is 0.412. The third-order valence-corrected chi connectivity index (χ3v) is 4.63. The highest BCUT2D eigenvalue weighted by atomic mass is 16.5. The fourth-order valence-electron chi connectivity index (χ4n) is 3.13. The Hall–Kier alpha value is -2.94. The summed E-state index contributed by atoms with van der Waals surface area (Å²) in [7, 11) is 1.48. The van der Waals surface area contributed by atoms with Crippen LogP contribution in [-0.2, 0) is 19.1 Å². The zero-order chi connectivity index (χ0) is 18.8. The van der Waals surface area contributed by atoms with Crippen LogP contribution in [0.3, 0.4) is 0 Å². The number of anilines is 1. The second-order valence-electron chi connectivity index (χ2n) is 6.27. The molecule has 2 atom stereocenters. The van der Waals surface area contributed by atoms with E-state index in [0.717, 1.165) is 0 Å². The van der Waals surface area contributed by atoms with Crippen molar-refractivity contribution in [3.8, 4) is 0 Å². The first-order chi connectivity index (χ1) is 12.4. The highest BCUT2D eigenvalue weighted by Crippen LogP contribution is 2.20. The number of carbonyl (C=O) groups is 4. The summed E-state index contributed by atoms with van der Waals surface area (Å²) in [6.45, 7) is 0.967. The molecule has 3 N–H and O–H groups in total. The first-order valence-corrected chi connectivity index (χ1v) is 8.23. The van der Waals surface area contributed by atoms with E-state index in [1.165, 1.54) is 11.9 Å². The minimum atomic E-state index is -0.787. The summed E-state index contributed by atoms with van der Waals surface area (Å²) in [5.41, 5.74) is 6.30. The van der Waals surface area contributed by atoms with Crippen LogP contribution in [-0.4, -0.2) is 67.4 Å². The van der Waals surface area contributed by atoms with Gasteiger partial charge in [0.15, 0.2) is 0 Å². The minimum Gasteiger partial charge on any atom is -0.370 e. The van der Waals surface area contributed by atoms with Crippen LogP contribution in [0.4, 0.5) is 5.69 Å². The van der Waals surface area contributed by atoms with Gasteiger partial charge in [-0.1, -0.05) is 0 Å². The topological polar surface area (TPSA) is 122 Å². The Kier molecular flexibility index (Phi) is 4.90. The lowest BCUT2D eigenvalue weighted by atomic mass is 10.1. The van der Waals surface area contributed by atoms with Gasteiger partial charge >= 0.3 is 0 Å². The van der Waals surface area contributed by atoms with Gasteiger partial charge in [-0.2, -0.15) is 0 Å². The van der Waals surface area contributed by atoms with Crippen LogP contribution >= 0.6 is 0 Å². The summed E-state index contributed by atoms with van der Waals surface area (Å²) < 4.78 is 5.09. The second-order valence-corrected chi connectivity index (χ2v) is 6.27. The molecular formula is C17H20N4O5.